The van der Waals surface area contributed by atoms with Crippen LogP contribution in [0.1, 0.15) is 37.0 Å². The van der Waals surface area contributed by atoms with Gasteiger partial charge in [-0.2, -0.15) is 5.26 Å². The summed E-state index contributed by atoms with van der Waals surface area (Å²) < 4.78 is 0. The van der Waals surface area contributed by atoms with Crippen LogP contribution in [-0.2, 0) is 10.2 Å². The monoisotopic (exact) mass is 462 g/mol. The Bertz CT molecular complexity index is 1240. The number of aromatic nitrogens is 3. The Labute approximate surface area is 195 Å². The van der Waals surface area contributed by atoms with Gasteiger partial charge >= 0.3 is 5.97 Å². The summed E-state index contributed by atoms with van der Waals surface area (Å²) in [5.74, 6) is 0.510. The lowest BCUT2D eigenvalue weighted by Gasteiger charge is -2.36. The highest BCUT2D eigenvalue weighted by molar-refractivity contribution is 7.15. The average molecular weight is 463 g/mol. The Balaban J connectivity index is 1.30. The Hall–Kier alpha value is -2.96. The quantitative estimate of drug-likeness (QED) is 0.476. The molecule has 3 aromatic rings. The first kappa shape index (κ1) is 20.6. The summed E-state index contributed by atoms with van der Waals surface area (Å²) in [6.45, 7) is 2.53. The maximum atomic E-state index is 12.0. The number of aromatic amines is 1. The van der Waals surface area contributed by atoms with Crippen LogP contribution in [0.3, 0.4) is 0 Å². The van der Waals surface area contributed by atoms with E-state index in [-0.39, 0.29) is 0 Å². The number of rotatable bonds is 6. The molecule has 0 bridgehead atoms. The highest BCUT2D eigenvalue weighted by Gasteiger charge is 2.47. The molecule has 3 N–H and O–H groups in total. The third kappa shape index (κ3) is 3.31. The Morgan fingerprint density at radius 2 is 2.09 bits per heavy atom. The molecule has 6 rings (SSSR count). The maximum Gasteiger partial charge on any atom is 0.315 e. The van der Waals surface area contributed by atoms with Crippen LogP contribution in [0.15, 0.2) is 24.7 Å². The molecule has 0 radical (unpaired) electrons. The van der Waals surface area contributed by atoms with Gasteiger partial charge in [-0.25, -0.2) is 9.97 Å². The minimum absolute atomic E-state index is 0.361. The minimum Gasteiger partial charge on any atom is -0.481 e. The molecule has 9 heteroatoms. The number of carboxylic acids is 1. The average Bonchev–Trinajstić information content (AvgIpc) is 3.51. The fourth-order valence-corrected chi connectivity index (χ4v) is 7.16. The van der Waals surface area contributed by atoms with Crippen molar-refractivity contribution in [3.05, 3.63) is 29.5 Å². The van der Waals surface area contributed by atoms with E-state index in [1.165, 1.54) is 11.3 Å². The van der Waals surface area contributed by atoms with Crippen molar-refractivity contribution in [3.8, 4) is 16.6 Å². The van der Waals surface area contributed by atoms with Gasteiger partial charge in [-0.05, 0) is 43.6 Å². The largest absolute Gasteiger partial charge is 0.481 e. The number of anilines is 1. The zero-order valence-electron chi connectivity index (χ0n) is 18.3. The molecule has 1 aliphatic heterocycles. The van der Waals surface area contributed by atoms with E-state index < -0.39 is 11.4 Å². The zero-order valence-corrected chi connectivity index (χ0v) is 19.1. The molecule has 3 aromatic heterocycles. The molecule has 3 atom stereocenters. The number of nitriles is 1. The van der Waals surface area contributed by atoms with Crippen LogP contribution in [0.5, 0.6) is 0 Å². The molecule has 8 nitrogen and oxygen atoms in total. The molecule has 33 heavy (non-hydrogen) atoms. The van der Waals surface area contributed by atoms with Gasteiger partial charge in [-0.1, -0.05) is 6.42 Å². The lowest BCUT2D eigenvalue weighted by atomic mass is 9.68. The topological polar surface area (TPSA) is 118 Å². The molecule has 170 valence electrons. The first-order valence-electron chi connectivity index (χ1n) is 11.6. The first-order chi connectivity index (χ1) is 16.1. The smallest absolute Gasteiger partial charge is 0.315 e. The normalized spacial score (nSPS) is 26.1. The van der Waals surface area contributed by atoms with Crippen LogP contribution in [0.4, 0.5) is 5.69 Å². The van der Waals surface area contributed by atoms with Crippen LogP contribution in [-0.4, -0.2) is 56.6 Å². The van der Waals surface area contributed by atoms with Gasteiger partial charge in [0.05, 0.1) is 23.9 Å². The van der Waals surface area contributed by atoms with E-state index in [2.05, 4.69) is 31.2 Å². The van der Waals surface area contributed by atoms with E-state index in [0.717, 1.165) is 64.5 Å². The lowest BCUT2D eigenvalue weighted by molar-refractivity contribution is -0.147. The Morgan fingerprint density at radius 1 is 1.30 bits per heavy atom. The predicted octanol–water partition coefficient (Wildman–Crippen LogP) is 3.84. The van der Waals surface area contributed by atoms with Crippen molar-refractivity contribution >= 4 is 34.0 Å². The van der Waals surface area contributed by atoms with E-state index in [1.54, 1.807) is 6.20 Å². The van der Waals surface area contributed by atoms with Crippen LogP contribution >= 0.6 is 11.3 Å². The standard InChI is InChI=1S/C24H26N6O2S/c25-5-7-30-12-14-8-16(9-15(14)13-30)29-20-17-2-6-26-21(17)27-10-18(20)22-28-11-19(33-22)24(23(31)32)3-1-4-24/h2,6,10-11,14-16H,1,3-4,7-9,12-13H2,(H,31,32)(H2,26,27,29)/t14-,15+,16?. The fraction of sp³-hybridized carbons (Fsp3) is 0.500. The van der Waals surface area contributed by atoms with Crippen molar-refractivity contribution in [3.63, 3.8) is 0 Å². The van der Waals surface area contributed by atoms with Gasteiger partial charge in [-0.3, -0.25) is 9.69 Å². The summed E-state index contributed by atoms with van der Waals surface area (Å²) in [6, 6.07) is 4.68. The molecule has 1 unspecified atom stereocenters. The molecule has 0 amide bonds. The molecule has 2 aliphatic carbocycles. The molecular formula is C24H26N6O2S. The van der Waals surface area contributed by atoms with E-state index in [9.17, 15) is 9.90 Å². The number of fused-ring (bicyclic) bond motifs is 2. The number of nitrogens with zero attached hydrogens (tertiary/aromatic N) is 4. The highest BCUT2D eigenvalue weighted by atomic mass is 32.1. The van der Waals surface area contributed by atoms with Crippen LogP contribution in [0.25, 0.3) is 21.6 Å². The SMILES string of the molecule is N#CCN1C[C@H]2CC(Nc3c(-c4ncc(C5(C(=O)O)CCC5)s4)cnc4[nH]ccc34)C[C@H]2C1. The molecule has 0 aromatic carbocycles. The molecule has 3 aliphatic rings. The summed E-state index contributed by atoms with van der Waals surface area (Å²) in [5.41, 5.74) is 2.02. The van der Waals surface area contributed by atoms with Crippen molar-refractivity contribution in [2.45, 2.75) is 43.6 Å². The zero-order chi connectivity index (χ0) is 22.6. The van der Waals surface area contributed by atoms with E-state index >= 15 is 0 Å². The van der Waals surface area contributed by atoms with Gasteiger partial charge in [-0.15, -0.1) is 11.3 Å². The second-order valence-corrected chi connectivity index (χ2v) is 10.8. The van der Waals surface area contributed by atoms with E-state index in [4.69, 9.17) is 5.26 Å². The molecule has 0 spiro atoms. The molecule has 1 saturated heterocycles. The summed E-state index contributed by atoms with van der Waals surface area (Å²) >= 11 is 1.48. The molecule has 3 fully saturated rings. The van der Waals surface area contributed by atoms with Gasteiger partial charge in [0.15, 0.2) is 0 Å². The number of thiazole rings is 1. The van der Waals surface area contributed by atoms with E-state index in [1.807, 2.05) is 18.5 Å². The highest BCUT2D eigenvalue weighted by Crippen LogP contribution is 2.48. The molecule has 2 saturated carbocycles. The minimum atomic E-state index is -0.771. The number of likely N-dealkylation sites (tertiary alicyclic amines) is 1. The predicted molar refractivity (Wildman–Crippen MR) is 126 cm³/mol. The molecule has 4 heterocycles. The van der Waals surface area contributed by atoms with Gasteiger partial charge in [0.1, 0.15) is 16.1 Å². The van der Waals surface area contributed by atoms with Crippen molar-refractivity contribution in [1.29, 1.82) is 5.26 Å². The third-order valence-corrected chi connectivity index (χ3v) is 9.11. The van der Waals surface area contributed by atoms with Crippen molar-refractivity contribution < 1.29 is 9.90 Å². The fourth-order valence-electron chi connectivity index (χ4n) is 5.99. The number of carboxylic acid groups (broad SMARTS) is 1. The summed E-state index contributed by atoms with van der Waals surface area (Å²) in [5, 5.41) is 24.5. The van der Waals surface area contributed by atoms with Crippen molar-refractivity contribution in [2.24, 2.45) is 11.8 Å². The van der Waals surface area contributed by atoms with Gasteiger partial charge in [0.2, 0.25) is 0 Å². The number of H-pyrrole nitrogens is 1. The number of nitrogens with one attached hydrogen (secondary N) is 2. The van der Waals surface area contributed by atoms with Gasteiger partial charge in [0, 0.05) is 48.0 Å². The third-order valence-electron chi connectivity index (χ3n) is 7.88. The Morgan fingerprint density at radius 3 is 2.76 bits per heavy atom. The Kier molecular flexibility index (Phi) is 4.89. The second-order valence-electron chi connectivity index (χ2n) is 9.74. The van der Waals surface area contributed by atoms with Gasteiger partial charge in [0.25, 0.3) is 0 Å². The molecular weight excluding hydrogens is 436 g/mol. The number of aliphatic carboxylic acids is 1. The second kappa shape index (κ2) is 7.82. The number of pyridine rings is 1. The van der Waals surface area contributed by atoms with Crippen LogP contribution in [0.2, 0.25) is 0 Å². The van der Waals surface area contributed by atoms with Gasteiger partial charge < -0.3 is 15.4 Å². The summed E-state index contributed by atoms with van der Waals surface area (Å²) in [7, 11) is 0. The van der Waals surface area contributed by atoms with Crippen molar-refractivity contribution in [2.75, 3.05) is 25.0 Å². The number of carbonyl (C=O) groups is 1. The van der Waals surface area contributed by atoms with Crippen molar-refractivity contribution in [1.82, 2.24) is 19.9 Å². The summed E-state index contributed by atoms with van der Waals surface area (Å²) in [4.78, 5) is 27.5. The van der Waals surface area contributed by atoms with E-state index in [0.29, 0.717) is 37.3 Å². The maximum absolute atomic E-state index is 12.0. The number of hydrogen-bond acceptors (Lipinski definition) is 7. The van der Waals surface area contributed by atoms with Crippen LogP contribution in [0, 0.1) is 23.2 Å². The van der Waals surface area contributed by atoms with Crippen LogP contribution < -0.4 is 5.32 Å². The lowest BCUT2D eigenvalue weighted by Crippen LogP contribution is -2.41. The number of hydrogen-bond donors (Lipinski definition) is 3. The first-order valence-corrected chi connectivity index (χ1v) is 12.4. The summed E-state index contributed by atoms with van der Waals surface area (Å²) in [6.07, 6.45) is 9.98.